The Morgan fingerprint density at radius 3 is 2.17 bits per heavy atom. The van der Waals surface area contributed by atoms with Crippen LogP contribution in [0.2, 0.25) is 0 Å². The third-order valence-electron chi connectivity index (χ3n) is 5.05. The van der Waals surface area contributed by atoms with Crippen molar-refractivity contribution in [1.29, 1.82) is 0 Å². The van der Waals surface area contributed by atoms with Gasteiger partial charge in [-0.15, -0.1) is 0 Å². The molecule has 0 radical (unpaired) electrons. The minimum Gasteiger partial charge on any atom is -0.358 e. The number of rotatable bonds is 3. The van der Waals surface area contributed by atoms with E-state index in [2.05, 4.69) is 61.3 Å². The molecule has 2 unspecified atom stereocenters. The second-order valence-corrected chi connectivity index (χ2v) is 6.55. The van der Waals surface area contributed by atoms with Crippen LogP contribution in [0.3, 0.4) is 0 Å². The molecule has 1 aromatic carbocycles. The Morgan fingerprint density at radius 1 is 0.913 bits per heavy atom. The normalized spacial score (nSPS) is 19.9. The van der Waals surface area contributed by atoms with Gasteiger partial charge in [-0.05, 0) is 48.8 Å². The van der Waals surface area contributed by atoms with Crippen molar-refractivity contribution in [2.45, 2.75) is 44.4 Å². The summed E-state index contributed by atoms with van der Waals surface area (Å²) in [6.45, 7) is 4.71. The molecule has 23 heavy (non-hydrogen) atoms. The van der Waals surface area contributed by atoms with Crippen LogP contribution >= 0.6 is 0 Å². The van der Waals surface area contributed by atoms with E-state index in [0.717, 1.165) is 11.8 Å². The van der Waals surface area contributed by atoms with Crippen LogP contribution in [0.25, 0.3) is 0 Å². The van der Waals surface area contributed by atoms with Crippen molar-refractivity contribution < 1.29 is 17.4 Å². The Hall–Kier alpha value is -1.10. The summed E-state index contributed by atoms with van der Waals surface area (Å²) in [7, 11) is 0. The van der Waals surface area contributed by atoms with E-state index in [-0.39, 0.29) is 37.6 Å². The van der Waals surface area contributed by atoms with Gasteiger partial charge in [0.1, 0.15) is 0 Å². The van der Waals surface area contributed by atoms with Crippen molar-refractivity contribution in [2.24, 2.45) is 5.92 Å². The zero-order chi connectivity index (χ0) is 14.0. The van der Waals surface area contributed by atoms with Gasteiger partial charge in [-0.1, -0.05) is 50.2 Å². The topological polar surface area (TPSA) is 12.9 Å². The van der Waals surface area contributed by atoms with Gasteiger partial charge < -0.3 is 14.9 Å². The molecule has 1 heterocycles. The number of hydrogen-bond donors (Lipinski definition) is 0. The predicted molar refractivity (Wildman–Crippen MR) is 96.6 cm³/mol. The number of nitrogens with zero attached hydrogens (tertiary/aromatic N) is 1. The second-order valence-electron chi connectivity index (χ2n) is 6.55. The van der Waals surface area contributed by atoms with Crippen LogP contribution in [0.4, 0.5) is 0 Å². The molecule has 0 bridgehead atoms. The van der Waals surface area contributed by atoms with Crippen molar-refractivity contribution in [1.82, 2.24) is 4.98 Å². The third-order valence-corrected chi connectivity index (χ3v) is 5.05. The Bertz CT molecular complexity index is 551. The molecule has 0 saturated heterocycles. The van der Waals surface area contributed by atoms with Crippen molar-refractivity contribution in [3.63, 3.8) is 0 Å². The molecule has 0 spiro atoms. The van der Waals surface area contributed by atoms with Crippen molar-refractivity contribution >= 4 is 0 Å². The van der Waals surface area contributed by atoms with Gasteiger partial charge in [0.05, 0.1) is 0 Å². The molecule has 1 saturated carbocycles. The van der Waals surface area contributed by atoms with Gasteiger partial charge in [0, 0.05) is 17.3 Å². The number of hydrogen-bond acceptors (Lipinski definition) is 1. The first-order valence-electron chi connectivity index (χ1n) is 7.64. The van der Waals surface area contributed by atoms with Crippen LogP contribution in [0.5, 0.6) is 0 Å². The van der Waals surface area contributed by atoms with E-state index >= 15 is 0 Å². The monoisotopic (exact) mass is 347 g/mol. The summed E-state index contributed by atoms with van der Waals surface area (Å²) in [4.78, 5) is 4.59. The quantitative estimate of drug-likeness (QED) is 0.636. The molecule has 0 amide bonds. The first-order valence-corrected chi connectivity index (χ1v) is 7.64. The number of benzene rings is 1. The average Bonchev–Trinajstić information content (AvgIpc) is 3.00. The maximum atomic E-state index is 4.59. The minimum absolute atomic E-state index is 0. The summed E-state index contributed by atoms with van der Waals surface area (Å²) in [5.74, 6) is 1.45. The van der Waals surface area contributed by atoms with E-state index in [0.29, 0.717) is 0 Å². The van der Waals surface area contributed by atoms with Gasteiger partial charge in [-0.3, -0.25) is 4.98 Å². The van der Waals surface area contributed by atoms with E-state index < -0.39 is 0 Å². The zero-order valence-corrected chi connectivity index (χ0v) is 16.1. The molecule has 1 aliphatic carbocycles. The van der Waals surface area contributed by atoms with Crippen molar-refractivity contribution in [3.8, 4) is 0 Å². The smallest absolute Gasteiger partial charge is 0.358 e. The Kier molecular flexibility index (Phi) is 8.82. The van der Waals surface area contributed by atoms with Gasteiger partial charge in [0.25, 0.3) is 0 Å². The summed E-state index contributed by atoms with van der Waals surface area (Å²) in [5, 5.41) is 0. The number of pyridine rings is 1. The molecule has 124 valence electrons. The summed E-state index contributed by atoms with van der Waals surface area (Å²) in [5.41, 5.74) is 2.91. The van der Waals surface area contributed by atoms with Gasteiger partial charge >= 0.3 is 17.4 Å². The van der Waals surface area contributed by atoms with Gasteiger partial charge in [0.2, 0.25) is 0 Å². The maximum Gasteiger partial charge on any atom is 2.00 e. The Morgan fingerprint density at radius 2 is 1.57 bits per heavy atom. The first-order chi connectivity index (χ1) is 9.68. The molecule has 2 atom stereocenters. The summed E-state index contributed by atoms with van der Waals surface area (Å²) in [6.07, 6.45) is 5.82. The zero-order valence-electron chi connectivity index (χ0n) is 14.8. The van der Waals surface area contributed by atoms with E-state index in [4.69, 9.17) is 0 Å². The molecular formula is C21H29CrN. The summed E-state index contributed by atoms with van der Waals surface area (Å²) < 4.78 is 0. The van der Waals surface area contributed by atoms with Crippen LogP contribution in [0, 0.1) is 20.8 Å². The summed E-state index contributed by atoms with van der Waals surface area (Å²) >= 11 is 0. The fraction of sp³-hybridized carbons (Fsp3) is 0.381. The predicted octanol–water partition coefficient (Wildman–Crippen LogP) is 5.84. The Labute approximate surface area is 153 Å². The van der Waals surface area contributed by atoms with Gasteiger partial charge in [-0.2, -0.15) is 0 Å². The van der Waals surface area contributed by atoms with E-state index in [9.17, 15) is 0 Å². The molecule has 2 aromatic rings. The molecule has 2 heteroatoms. The minimum atomic E-state index is 0. The molecule has 1 aliphatic rings. The molecule has 0 N–H and O–H groups in total. The van der Waals surface area contributed by atoms with Crippen LogP contribution < -0.4 is 0 Å². The second kappa shape index (κ2) is 9.26. The standard InChI is InChI=1S/C19H23N.2CH3.Cr/c1-19(2,18-10-6-7-13-20-18)17-12-11-16(14-17)15-8-4-3-5-9-15;;;/h3-10,13,16-17H,11-12,14H2,1-2H3;2*1H3;/q;2*-1;+2. The van der Waals surface area contributed by atoms with Gasteiger partial charge in [-0.25, -0.2) is 0 Å². The number of aromatic nitrogens is 1. The van der Waals surface area contributed by atoms with E-state index in [1.54, 1.807) is 0 Å². The molecule has 3 rings (SSSR count). The van der Waals surface area contributed by atoms with Crippen LogP contribution in [-0.4, -0.2) is 4.98 Å². The average molecular weight is 347 g/mol. The fourth-order valence-corrected chi connectivity index (χ4v) is 3.62. The first kappa shape index (κ1) is 21.9. The summed E-state index contributed by atoms with van der Waals surface area (Å²) in [6, 6.07) is 17.3. The van der Waals surface area contributed by atoms with E-state index in [1.165, 1.54) is 30.5 Å². The van der Waals surface area contributed by atoms with Crippen LogP contribution in [0.15, 0.2) is 54.7 Å². The van der Waals surface area contributed by atoms with Crippen LogP contribution in [0.1, 0.15) is 50.3 Å². The fourth-order valence-electron chi connectivity index (χ4n) is 3.62. The van der Waals surface area contributed by atoms with Crippen molar-refractivity contribution in [3.05, 3.63) is 80.8 Å². The molecular weight excluding hydrogens is 318 g/mol. The molecule has 1 fully saturated rings. The third kappa shape index (κ3) is 4.69. The maximum absolute atomic E-state index is 4.59. The largest absolute Gasteiger partial charge is 2.00 e. The van der Waals surface area contributed by atoms with E-state index in [1.807, 2.05) is 12.3 Å². The molecule has 1 nitrogen and oxygen atoms in total. The molecule has 1 aromatic heterocycles. The van der Waals surface area contributed by atoms with Gasteiger partial charge in [0.15, 0.2) is 0 Å². The Balaban J connectivity index is 0.00000161. The van der Waals surface area contributed by atoms with Crippen LogP contribution in [-0.2, 0) is 22.8 Å². The molecule has 0 aliphatic heterocycles. The SMILES string of the molecule is CC(C)(c1ccccn1)C1CCC(c2ccccc2)C1.[CH3-].[CH3-].[Cr+2]. The van der Waals surface area contributed by atoms with Crippen molar-refractivity contribution in [2.75, 3.05) is 0 Å².